The predicted octanol–water partition coefficient (Wildman–Crippen LogP) is 3.31. The van der Waals surface area contributed by atoms with Gasteiger partial charge in [0.25, 0.3) is 0 Å². The first kappa shape index (κ1) is 14.3. The van der Waals surface area contributed by atoms with Crippen LogP contribution in [0.25, 0.3) is 0 Å². The summed E-state index contributed by atoms with van der Waals surface area (Å²) in [6.07, 6.45) is 7.63. The normalized spacial score (nSPS) is 28.8. The van der Waals surface area contributed by atoms with Gasteiger partial charge in [0.15, 0.2) is 0 Å². The van der Waals surface area contributed by atoms with Gasteiger partial charge in [-0.25, -0.2) is 0 Å². The highest BCUT2D eigenvalue weighted by molar-refractivity contribution is 6.99. The summed E-state index contributed by atoms with van der Waals surface area (Å²) in [5.41, 5.74) is 1.14. The van der Waals surface area contributed by atoms with Gasteiger partial charge in [0, 0.05) is 19.0 Å². The van der Waals surface area contributed by atoms with Crippen molar-refractivity contribution >= 4 is 11.7 Å². The third-order valence-electron chi connectivity index (χ3n) is 4.64. The molecule has 0 aliphatic carbocycles. The van der Waals surface area contributed by atoms with E-state index < -0.39 is 0 Å². The fourth-order valence-electron chi connectivity index (χ4n) is 3.53. The van der Waals surface area contributed by atoms with Crippen LogP contribution in [-0.4, -0.2) is 39.9 Å². The minimum Gasteiger partial charge on any atom is -0.476 e. The molecule has 5 heteroatoms. The van der Waals surface area contributed by atoms with E-state index in [1.807, 2.05) is 0 Å². The van der Waals surface area contributed by atoms with E-state index in [0.29, 0.717) is 5.92 Å². The third kappa shape index (κ3) is 3.14. The Hall–Kier alpha value is -0.680. The van der Waals surface area contributed by atoms with Crippen molar-refractivity contribution in [1.29, 1.82) is 0 Å². The first-order valence-electron chi connectivity index (χ1n) is 8.06. The van der Waals surface area contributed by atoms with Crippen LogP contribution in [0.3, 0.4) is 0 Å². The second-order valence-corrected chi connectivity index (χ2v) is 6.66. The summed E-state index contributed by atoms with van der Waals surface area (Å²) >= 11 is 1.31. The summed E-state index contributed by atoms with van der Waals surface area (Å²) in [6.45, 7) is 6.69. The average Bonchev–Trinajstić information content (AvgIpc) is 3.03. The highest BCUT2D eigenvalue weighted by atomic mass is 32.1. The number of nitrogens with zero attached hydrogens (tertiary/aromatic N) is 3. The number of unbranched alkanes of at least 4 members (excludes halogenated alkanes) is 3. The maximum atomic E-state index is 5.90. The molecule has 2 fully saturated rings. The molecule has 2 saturated heterocycles. The van der Waals surface area contributed by atoms with Crippen molar-refractivity contribution in [2.24, 2.45) is 5.92 Å². The summed E-state index contributed by atoms with van der Waals surface area (Å²) in [5, 5.41) is 0. The lowest BCUT2D eigenvalue weighted by Gasteiger charge is -2.21. The lowest BCUT2D eigenvalue weighted by Crippen LogP contribution is -2.25. The molecule has 1 aromatic heterocycles. The van der Waals surface area contributed by atoms with E-state index in [1.54, 1.807) is 0 Å². The monoisotopic (exact) mass is 295 g/mol. The fourth-order valence-corrected chi connectivity index (χ4v) is 4.10. The molecule has 0 radical (unpaired) electrons. The highest BCUT2D eigenvalue weighted by Crippen LogP contribution is 2.41. The first-order valence-corrected chi connectivity index (χ1v) is 8.79. The number of fused-ring (bicyclic) bond motifs is 2. The van der Waals surface area contributed by atoms with Crippen LogP contribution in [0.1, 0.15) is 57.1 Å². The molecule has 0 aromatic carbocycles. The van der Waals surface area contributed by atoms with Crippen molar-refractivity contribution in [1.82, 2.24) is 13.6 Å². The number of aromatic nitrogens is 2. The van der Waals surface area contributed by atoms with E-state index >= 15 is 0 Å². The summed E-state index contributed by atoms with van der Waals surface area (Å²) in [4.78, 5) is 2.57. The Bertz CT molecular complexity index is 423. The van der Waals surface area contributed by atoms with Gasteiger partial charge in [0.05, 0.1) is 18.3 Å². The molecule has 0 saturated carbocycles. The molecular weight excluding hydrogens is 270 g/mol. The van der Waals surface area contributed by atoms with Crippen LogP contribution in [-0.2, 0) is 0 Å². The minimum atomic E-state index is 0.557. The number of rotatable bonds is 7. The van der Waals surface area contributed by atoms with Crippen LogP contribution in [0.4, 0.5) is 0 Å². The van der Waals surface area contributed by atoms with Gasteiger partial charge in [-0.15, -0.1) is 4.37 Å². The maximum absolute atomic E-state index is 5.90. The number of hydrogen-bond donors (Lipinski definition) is 0. The topological polar surface area (TPSA) is 38.3 Å². The Morgan fingerprint density at radius 1 is 1.25 bits per heavy atom. The second kappa shape index (κ2) is 6.85. The Kier molecular flexibility index (Phi) is 4.89. The first-order chi connectivity index (χ1) is 9.88. The van der Waals surface area contributed by atoms with Gasteiger partial charge >= 0.3 is 0 Å². The number of ether oxygens (including phenoxy) is 1. The molecule has 0 N–H and O–H groups in total. The SMILES string of the molecule is CCCCCCOc1nsnc1[C@@H]1CN2CCC[C@H]1C2. The highest BCUT2D eigenvalue weighted by Gasteiger charge is 2.39. The Balaban J connectivity index is 1.56. The van der Waals surface area contributed by atoms with Gasteiger partial charge in [-0.05, 0) is 31.7 Å². The van der Waals surface area contributed by atoms with Gasteiger partial charge in [0.2, 0.25) is 5.88 Å². The third-order valence-corrected chi connectivity index (χ3v) is 5.16. The van der Waals surface area contributed by atoms with Crippen LogP contribution >= 0.6 is 11.7 Å². The molecular formula is C15H25N3OS. The van der Waals surface area contributed by atoms with Crippen molar-refractivity contribution < 1.29 is 4.74 Å². The van der Waals surface area contributed by atoms with Gasteiger partial charge in [-0.1, -0.05) is 26.2 Å². The largest absolute Gasteiger partial charge is 0.476 e. The van der Waals surface area contributed by atoms with Crippen molar-refractivity contribution in [3.63, 3.8) is 0 Å². The zero-order chi connectivity index (χ0) is 13.8. The molecule has 4 nitrogen and oxygen atoms in total. The van der Waals surface area contributed by atoms with Crippen LogP contribution in [0.5, 0.6) is 5.88 Å². The number of piperidine rings is 1. The molecule has 3 rings (SSSR count). The van der Waals surface area contributed by atoms with Crippen molar-refractivity contribution in [3.8, 4) is 5.88 Å². The predicted molar refractivity (Wildman–Crippen MR) is 81.5 cm³/mol. The Morgan fingerprint density at radius 2 is 2.20 bits per heavy atom. The molecule has 0 spiro atoms. The van der Waals surface area contributed by atoms with Crippen LogP contribution in [0, 0.1) is 5.92 Å². The van der Waals surface area contributed by atoms with Gasteiger partial charge < -0.3 is 9.64 Å². The smallest absolute Gasteiger partial charge is 0.249 e. The molecule has 3 atom stereocenters. The molecule has 2 bridgehead atoms. The fraction of sp³-hybridized carbons (Fsp3) is 0.867. The zero-order valence-electron chi connectivity index (χ0n) is 12.4. The van der Waals surface area contributed by atoms with E-state index in [4.69, 9.17) is 4.74 Å². The van der Waals surface area contributed by atoms with E-state index in [2.05, 4.69) is 20.6 Å². The standard InChI is InChI=1S/C15H25N3OS/c1-2-3-4-5-9-19-15-14(16-20-17-15)13-11-18-8-6-7-12(13)10-18/h12-13H,2-11H2,1H3/t12-,13+/m0/s1. The van der Waals surface area contributed by atoms with E-state index in [9.17, 15) is 0 Å². The molecule has 1 unspecified atom stereocenters. The second-order valence-electron chi connectivity index (χ2n) is 6.13. The van der Waals surface area contributed by atoms with Crippen LogP contribution < -0.4 is 4.74 Å². The molecule has 20 heavy (non-hydrogen) atoms. The lowest BCUT2D eigenvalue weighted by molar-refractivity contribution is 0.269. The van der Waals surface area contributed by atoms with Crippen molar-refractivity contribution in [2.75, 3.05) is 26.2 Å². The van der Waals surface area contributed by atoms with E-state index in [0.717, 1.165) is 37.1 Å². The Morgan fingerprint density at radius 3 is 3.05 bits per heavy atom. The Labute approximate surface area is 125 Å². The summed E-state index contributed by atoms with van der Waals surface area (Å²) in [5.74, 6) is 2.15. The zero-order valence-corrected chi connectivity index (χ0v) is 13.2. The van der Waals surface area contributed by atoms with E-state index in [1.165, 1.54) is 56.9 Å². The summed E-state index contributed by atoms with van der Waals surface area (Å²) in [6, 6.07) is 0. The molecule has 2 aliphatic rings. The molecule has 1 aromatic rings. The van der Waals surface area contributed by atoms with Crippen LogP contribution in [0.15, 0.2) is 0 Å². The van der Waals surface area contributed by atoms with Gasteiger partial charge in [-0.3, -0.25) is 0 Å². The van der Waals surface area contributed by atoms with Gasteiger partial charge in [0.1, 0.15) is 5.69 Å². The summed E-state index contributed by atoms with van der Waals surface area (Å²) in [7, 11) is 0. The van der Waals surface area contributed by atoms with Crippen LogP contribution in [0.2, 0.25) is 0 Å². The van der Waals surface area contributed by atoms with Crippen molar-refractivity contribution in [2.45, 2.75) is 51.4 Å². The average molecular weight is 295 g/mol. The van der Waals surface area contributed by atoms with E-state index in [-0.39, 0.29) is 0 Å². The molecule has 2 aliphatic heterocycles. The van der Waals surface area contributed by atoms with Gasteiger partial charge in [-0.2, -0.15) is 4.37 Å². The lowest BCUT2D eigenvalue weighted by atomic mass is 9.89. The molecule has 112 valence electrons. The maximum Gasteiger partial charge on any atom is 0.249 e. The molecule has 3 heterocycles. The van der Waals surface area contributed by atoms with Crippen molar-refractivity contribution in [3.05, 3.63) is 5.69 Å². The molecule has 0 amide bonds. The quantitative estimate of drug-likeness (QED) is 0.723. The summed E-state index contributed by atoms with van der Waals surface area (Å²) < 4.78 is 14.8. The number of hydrogen-bond acceptors (Lipinski definition) is 5. The minimum absolute atomic E-state index is 0.557.